The van der Waals surface area contributed by atoms with Crippen LogP contribution in [0.4, 0.5) is 0 Å². The SMILES string of the molecule is CN(C(=O)CSCC(N)C(=O)O)C1CCCCC1. The maximum absolute atomic E-state index is 11.9. The van der Waals surface area contributed by atoms with E-state index in [1.807, 2.05) is 11.9 Å². The lowest BCUT2D eigenvalue weighted by atomic mass is 9.94. The van der Waals surface area contributed by atoms with E-state index in [0.29, 0.717) is 11.8 Å². The van der Waals surface area contributed by atoms with Crippen LogP contribution in [0.3, 0.4) is 0 Å². The molecule has 0 heterocycles. The highest BCUT2D eigenvalue weighted by Crippen LogP contribution is 2.22. The van der Waals surface area contributed by atoms with Crippen LogP contribution in [0, 0.1) is 0 Å². The Morgan fingerprint density at radius 3 is 2.56 bits per heavy atom. The highest BCUT2D eigenvalue weighted by molar-refractivity contribution is 8.00. The number of amides is 1. The summed E-state index contributed by atoms with van der Waals surface area (Å²) in [6.07, 6.45) is 5.82. The summed E-state index contributed by atoms with van der Waals surface area (Å²) in [5.41, 5.74) is 5.38. The fourth-order valence-corrected chi connectivity index (χ4v) is 3.01. The number of aliphatic carboxylic acids is 1. The summed E-state index contributed by atoms with van der Waals surface area (Å²) in [5, 5.41) is 8.63. The minimum Gasteiger partial charge on any atom is -0.480 e. The number of nitrogens with two attached hydrogens (primary N) is 1. The van der Waals surface area contributed by atoms with Gasteiger partial charge in [-0.3, -0.25) is 9.59 Å². The van der Waals surface area contributed by atoms with Crippen molar-refractivity contribution >= 4 is 23.6 Å². The van der Waals surface area contributed by atoms with Gasteiger partial charge >= 0.3 is 5.97 Å². The quantitative estimate of drug-likeness (QED) is 0.752. The smallest absolute Gasteiger partial charge is 0.321 e. The molecule has 1 aliphatic carbocycles. The normalized spacial score (nSPS) is 18.3. The van der Waals surface area contributed by atoms with Crippen LogP contribution in [0.5, 0.6) is 0 Å². The summed E-state index contributed by atoms with van der Waals surface area (Å²) in [7, 11) is 1.84. The largest absolute Gasteiger partial charge is 0.480 e. The molecule has 0 saturated heterocycles. The van der Waals surface area contributed by atoms with Crippen LogP contribution >= 0.6 is 11.8 Å². The number of nitrogens with zero attached hydrogens (tertiary/aromatic N) is 1. The van der Waals surface area contributed by atoms with Crippen LogP contribution in [-0.2, 0) is 9.59 Å². The van der Waals surface area contributed by atoms with E-state index in [1.165, 1.54) is 31.0 Å². The predicted molar refractivity (Wildman–Crippen MR) is 72.6 cm³/mol. The zero-order valence-corrected chi connectivity index (χ0v) is 11.6. The molecule has 1 unspecified atom stereocenters. The number of carbonyl (C=O) groups excluding carboxylic acids is 1. The number of carboxylic acid groups (broad SMARTS) is 1. The van der Waals surface area contributed by atoms with E-state index in [2.05, 4.69) is 0 Å². The summed E-state index contributed by atoms with van der Waals surface area (Å²) in [6.45, 7) is 0. The van der Waals surface area contributed by atoms with Crippen molar-refractivity contribution in [3.05, 3.63) is 0 Å². The number of thioether (sulfide) groups is 1. The molecule has 1 rings (SSSR count). The summed E-state index contributed by atoms with van der Waals surface area (Å²) in [5.74, 6) is -0.354. The van der Waals surface area contributed by atoms with Crippen LogP contribution in [-0.4, -0.2) is 52.5 Å². The minimum absolute atomic E-state index is 0.0736. The van der Waals surface area contributed by atoms with Gasteiger partial charge in [-0.15, -0.1) is 11.8 Å². The van der Waals surface area contributed by atoms with Crippen LogP contribution in [0.1, 0.15) is 32.1 Å². The molecule has 1 fully saturated rings. The van der Waals surface area contributed by atoms with E-state index in [4.69, 9.17) is 10.8 Å². The Morgan fingerprint density at radius 2 is 2.00 bits per heavy atom. The first-order valence-corrected chi connectivity index (χ1v) is 7.49. The minimum atomic E-state index is -1.02. The van der Waals surface area contributed by atoms with Crippen molar-refractivity contribution in [2.75, 3.05) is 18.6 Å². The second-order valence-corrected chi connectivity index (χ2v) is 5.79. The van der Waals surface area contributed by atoms with E-state index >= 15 is 0 Å². The van der Waals surface area contributed by atoms with Crippen molar-refractivity contribution in [3.63, 3.8) is 0 Å². The van der Waals surface area contributed by atoms with Gasteiger partial charge in [0.05, 0.1) is 5.75 Å². The van der Waals surface area contributed by atoms with E-state index in [9.17, 15) is 9.59 Å². The first kappa shape index (κ1) is 15.3. The Balaban J connectivity index is 2.24. The summed E-state index contributed by atoms with van der Waals surface area (Å²) >= 11 is 1.29. The molecule has 1 amide bonds. The Morgan fingerprint density at radius 1 is 1.39 bits per heavy atom. The van der Waals surface area contributed by atoms with Gasteiger partial charge in [0.15, 0.2) is 0 Å². The van der Waals surface area contributed by atoms with E-state index < -0.39 is 12.0 Å². The number of hydrogen-bond acceptors (Lipinski definition) is 4. The topological polar surface area (TPSA) is 83.6 Å². The molecule has 0 aliphatic heterocycles. The standard InChI is InChI=1S/C12H22N2O3S/c1-14(9-5-3-2-4-6-9)11(15)8-18-7-10(13)12(16)17/h9-10H,2-8,13H2,1H3,(H,16,17). The molecule has 0 radical (unpaired) electrons. The van der Waals surface area contributed by atoms with Crippen molar-refractivity contribution < 1.29 is 14.7 Å². The third kappa shape index (κ3) is 4.86. The van der Waals surface area contributed by atoms with Crippen molar-refractivity contribution in [2.45, 2.75) is 44.2 Å². The zero-order valence-electron chi connectivity index (χ0n) is 10.8. The van der Waals surface area contributed by atoms with Gasteiger partial charge < -0.3 is 15.7 Å². The maximum Gasteiger partial charge on any atom is 0.321 e. The maximum atomic E-state index is 11.9. The van der Waals surface area contributed by atoms with Gasteiger partial charge in [-0.1, -0.05) is 19.3 Å². The van der Waals surface area contributed by atoms with Gasteiger partial charge in [0, 0.05) is 18.8 Å². The van der Waals surface area contributed by atoms with Crippen LogP contribution in [0.15, 0.2) is 0 Å². The van der Waals surface area contributed by atoms with E-state index in [-0.39, 0.29) is 11.7 Å². The fraction of sp³-hybridized carbons (Fsp3) is 0.833. The second-order valence-electron chi connectivity index (χ2n) is 4.76. The monoisotopic (exact) mass is 274 g/mol. The first-order valence-electron chi connectivity index (χ1n) is 6.34. The van der Waals surface area contributed by atoms with E-state index in [1.54, 1.807) is 0 Å². The lowest BCUT2D eigenvalue weighted by molar-refractivity contribution is -0.138. The van der Waals surface area contributed by atoms with E-state index in [0.717, 1.165) is 12.8 Å². The molecular formula is C12H22N2O3S. The number of rotatable bonds is 6. The highest BCUT2D eigenvalue weighted by atomic mass is 32.2. The molecule has 0 bridgehead atoms. The van der Waals surface area contributed by atoms with Crippen LogP contribution < -0.4 is 5.73 Å². The molecule has 1 aliphatic rings. The molecule has 0 aromatic heterocycles. The Kier molecular flexibility index (Phi) is 6.49. The van der Waals surface area contributed by atoms with Gasteiger partial charge in [0.1, 0.15) is 6.04 Å². The molecule has 5 nitrogen and oxygen atoms in total. The molecule has 1 saturated carbocycles. The van der Waals surface area contributed by atoms with Gasteiger partial charge in [-0.05, 0) is 12.8 Å². The molecule has 1 atom stereocenters. The fourth-order valence-electron chi connectivity index (χ4n) is 2.12. The molecule has 6 heteroatoms. The molecule has 3 N–H and O–H groups in total. The third-order valence-electron chi connectivity index (χ3n) is 3.36. The predicted octanol–water partition coefficient (Wildman–Crippen LogP) is 0.923. The second kappa shape index (κ2) is 7.63. The average Bonchev–Trinajstić information content (AvgIpc) is 2.38. The molecule has 18 heavy (non-hydrogen) atoms. The first-order chi connectivity index (χ1) is 8.52. The zero-order chi connectivity index (χ0) is 13.5. The Labute approximate surface area is 112 Å². The Bertz CT molecular complexity index is 293. The molecule has 0 aromatic rings. The number of carbonyl (C=O) groups is 2. The summed E-state index contributed by atoms with van der Waals surface area (Å²) < 4.78 is 0. The van der Waals surface area contributed by atoms with Crippen molar-refractivity contribution in [2.24, 2.45) is 5.73 Å². The van der Waals surface area contributed by atoms with Crippen LogP contribution in [0.25, 0.3) is 0 Å². The Hall–Kier alpha value is -0.750. The van der Waals surface area contributed by atoms with Crippen molar-refractivity contribution in [1.82, 2.24) is 4.90 Å². The lowest BCUT2D eigenvalue weighted by Gasteiger charge is -2.31. The summed E-state index contributed by atoms with van der Waals surface area (Å²) in [4.78, 5) is 24.3. The number of carboxylic acids is 1. The van der Waals surface area contributed by atoms with Gasteiger partial charge in [-0.25, -0.2) is 0 Å². The highest BCUT2D eigenvalue weighted by Gasteiger charge is 2.22. The molecular weight excluding hydrogens is 252 g/mol. The van der Waals surface area contributed by atoms with Crippen LogP contribution in [0.2, 0.25) is 0 Å². The third-order valence-corrected chi connectivity index (χ3v) is 4.40. The molecule has 104 valence electrons. The van der Waals surface area contributed by atoms with Crippen molar-refractivity contribution in [1.29, 1.82) is 0 Å². The van der Waals surface area contributed by atoms with Gasteiger partial charge in [0.2, 0.25) is 5.91 Å². The number of hydrogen-bond donors (Lipinski definition) is 2. The average molecular weight is 274 g/mol. The molecule has 0 spiro atoms. The lowest BCUT2D eigenvalue weighted by Crippen LogP contribution is -2.40. The molecule has 0 aromatic carbocycles. The van der Waals surface area contributed by atoms with Gasteiger partial charge in [0.25, 0.3) is 0 Å². The van der Waals surface area contributed by atoms with Crippen molar-refractivity contribution in [3.8, 4) is 0 Å². The summed E-state index contributed by atoms with van der Waals surface area (Å²) in [6, 6.07) is -0.525. The van der Waals surface area contributed by atoms with Gasteiger partial charge in [-0.2, -0.15) is 0 Å².